The van der Waals surface area contributed by atoms with Crippen LogP contribution in [0.2, 0.25) is 0 Å². The van der Waals surface area contributed by atoms with Crippen molar-refractivity contribution in [2.75, 3.05) is 0 Å². The van der Waals surface area contributed by atoms with Crippen LogP contribution >= 0.6 is 0 Å². The Bertz CT molecular complexity index is 588. The van der Waals surface area contributed by atoms with Crippen molar-refractivity contribution < 1.29 is 4.79 Å². The molecule has 1 atom stereocenters. The molecule has 0 spiro atoms. The van der Waals surface area contributed by atoms with E-state index in [4.69, 9.17) is 0 Å². The van der Waals surface area contributed by atoms with Gasteiger partial charge in [0, 0.05) is 6.04 Å². The van der Waals surface area contributed by atoms with Crippen LogP contribution in [0.15, 0.2) is 35.1 Å². The van der Waals surface area contributed by atoms with E-state index in [1.807, 2.05) is 25.1 Å². The fraction of sp³-hybridized carbons (Fsp3) is 0.308. The van der Waals surface area contributed by atoms with Crippen LogP contribution in [0.1, 0.15) is 29.5 Å². The molecule has 2 aromatic rings. The number of rotatable bonds is 5. The molecular weight excluding hydrogens is 244 g/mol. The molecule has 6 nitrogen and oxygen atoms in total. The smallest absolute Gasteiger partial charge is 0.341 e. The zero-order chi connectivity index (χ0) is 13.7. The number of carbonyl (C=O) groups is 1. The second-order valence-electron chi connectivity index (χ2n) is 4.43. The quantitative estimate of drug-likeness (QED) is 0.744. The molecule has 19 heavy (non-hydrogen) atoms. The number of benzene rings is 1. The van der Waals surface area contributed by atoms with Gasteiger partial charge in [-0.1, -0.05) is 30.3 Å². The molecule has 0 unspecified atom stereocenters. The first-order chi connectivity index (χ1) is 9.15. The molecular formula is C13H16N4O2. The molecule has 3 N–H and O–H groups in total. The predicted molar refractivity (Wildman–Crippen MR) is 70.9 cm³/mol. The first-order valence-corrected chi connectivity index (χ1v) is 6.14. The van der Waals surface area contributed by atoms with E-state index in [1.165, 1.54) is 5.56 Å². The summed E-state index contributed by atoms with van der Waals surface area (Å²) in [5.41, 5.74) is 0.749. The fourth-order valence-electron chi connectivity index (χ4n) is 1.77. The van der Waals surface area contributed by atoms with Gasteiger partial charge in [0.2, 0.25) is 5.82 Å². The molecule has 0 saturated carbocycles. The molecule has 0 aliphatic heterocycles. The normalized spacial score (nSPS) is 12.1. The largest absolute Gasteiger partial charge is 0.347 e. The third-order valence-electron chi connectivity index (χ3n) is 2.80. The monoisotopic (exact) mass is 260 g/mol. The number of amides is 1. The van der Waals surface area contributed by atoms with Crippen LogP contribution in [-0.2, 0) is 6.42 Å². The highest BCUT2D eigenvalue weighted by Crippen LogP contribution is 2.04. The number of hydrogen-bond donors (Lipinski definition) is 3. The maximum absolute atomic E-state index is 11.7. The number of nitrogens with one attached hydrogen (secondary N) is 3. The number of hydrogen-bond acceptors (Lipinski definition) is 3. The van der Waals surface area contributed by atoms with E-state index in [-0.39, 0.29) is 17.8 Å². The summed E-state index contributed by atoms with van der Waals surface area (Å²) in [5, 5.41) is 8.53. The summed E-state index contributed by atoms with van der Waals surface area (Å²) in [6, 6.07) is 10.1. The second kappa shape index (κ2) is 5.99. The summed E-state index contributed by atoms with van der Waals surface area (Å²) in [6.45, 7) is 1.92. The fourth-order valence-corrected chi connectivity index (χ4v) is 1.77. The van der Waals surface area contributed by atoms with E-state index in [1.54, 1.807) is 0 Å². The van der Waals surface area contributed by atoms with Gasteiger partial charge < -0.3 is 5.32 Å². The number of aryl methyl sites for hydroxylation is 1. The lowest BCUT2D eigenvalue weighted by Crippen LogP contribution is -2.33. The Kier molecular flexibility index (Phi) is 4.12. The molecule has 0 fully saturated rings. The minimum absolute atomic E-state index is 0.00732. The van der Waals surface area contributed by atoms with Gasteiger partial charge in [-0.3, -0.25) is 9.78 Å². The number of aromatic amines is 2. The topological polar surface area (TPSA) is 90.6 Å². The number of carbonyl (C=O) groups excluding carboxylic acids is 1. The van der Waals surface area contributed by atoms with Crippen molar-refractivity contribution in [2.45, 2.75) is 25.8 Å². The highest BCUT2D eigenvalue weighted by Gasteiger charge is 2.12. The summed E-state index contributed by atoms with van der Waals surface area (Å²) >= 11 is 0. The molecule has 1 heterocycles. The van der Waals surface area contributed by atoms with E-state index < -0.39 is 5.69 Å². The van der Waals surface area contributed by atoms with Crippen LogP contribution < -0.4 is 11.0 Å². The predicted octanol–water partition coefficient (Wildman–Crippen LogP) is 0.849. The van der Waals surface area contributed by atoms with Crippen molar-refractivity contribution in [2.24, 2.45) is 0 Å². The van der Waals surface area contributed by atoms with Crippen LogP contribution in [-0.4, -0.2) is 27.1 Å². The van der Waals surface area contributed by atoms with Gasteiger partial charge in [-0.05, 0) is 25.3 Å². The van der Waals surface area contributed by atoms with Crippen LogP contribution in [0, 0.1) is 0 Å². The van der Waals surface area contributed by atoms with Gasteiger partial charge in [-0.25, -0.2) is 9.89 Å². The molecule has 2 rings (SSSR count). The van der Waals surface area contributed by atoms with Gasteiger partial charge in [0.15, 0.2) is 0 Å². The molecule has 0 saturated heterocycles. The van der Waals surface area contributed by atoms with Crippen molar-refractivity contribution in [3.05, 3.63) is 52.2 Å². The summed E-state index contributed by atoms with van der Waals surface area (Å²) in [5.74, 6) is -0.365. The Labute approximate surface area is 110 Å². The van der Waals surface area contributed by atoms with Crippen molar-refractivity contribution in [1.82, 2.24) is 20.5 Å². The second-order valence-corrected chi connectivity index (χ2v) is 4.43. The number of H-pyrrole nitrogens is 2. The average Bonchev–Trinajstić information content (AvgIpc) is 2.84. The van der Waals surface area contributed by atoms with E-state index >= 15 is 0 Å². The maximum Gasteiger partial charge on any atom is 0.341 e. The molecule has 0 aliphatic rings. The van der Waals surface area contributed by atoms with Gasteiger partial charge in [0.25, 0.3) is 5.91 Å². The SMILES string of the molecule is C[C@@H](CCc1ccccc1)NC(=O)c1n[nH]c(=O)[nH]1. The summed E-state index contributed by atoms with van der Waals surface area (Å²) in [4.78, 5) is 24.9. The molecule has 100 valence electrons. The number of aromatic nitrogens is 3. The third kappa shape index (κ3) is 3.80. The van der Waals surface area contributed by atoms with Crippen LogP contribution in [0.3, 0.4) is 0 Å². The molecule has 6 heteroatoms. The Hall–Kier alpha value is -2.37. The Balaban J connectivity index is 1.83. The van der Waals surface area contributed by atoms with Gasteiger partial charge in [0.1, 0.15) is 0 Å². The van der Waals surface area contributed by atoms with Crippen LogP contribution in [0.25, 0.3) is 0 Å². The standard InChI is InChI=1S/C13H16N4O2/c1-9(7-8-10-5-3-2-4-6-10)14-12(18)11-15-13(19)17-16-11/h2-6,9H,7-8H2,1H3,(H,14,18)(H2,15,16,17,19)/t9-/m0/s1. The molecule has 1 aromatic carbocycles. The molecule has 0 aliphatic carbocycles. The highest BCUT2D eigenvalue weighted by molar-refractivity contribution is 5.90. The molecule has 1 aromatic heterocycles. The lowest BCUT2D eigenvalue weighted by molar-refractivity contribution is 0.0928. The van der Waals surface area contributed by atoms with Crippen molar-refractivity contribution >= 4 is 5.91 Å². The van der Waals surface area contributed by atoms with Gasteiger partial charge >= 0.3 is 5.69 Å². The van der Waals surface area contributed by atoms with Crippen molar-refractivity contribution in [3.8, 4) is 0 Å². The lowest BCUT2D eigenvalue weighted by Gasteiger charge is -2.12. The first kappa shape index (κ1) is 13.1. The van der Waals surface area contributed by atoms with Crippen molar-refractivity contribution in [1.29, 1.82) is 0 Å². The molecule has 0 bridgehead atoms. The third-order valence-corrected chi connectivity index (χ3v) is 2.80. The van der Waals surface area contributed by atoms with Gasteiger partial charge in [-0.15, -0.1) is 5.10 Å². The highest BCUT2D eigenvalue weighted by atomic mass is 16.2. The number of nitrogens with zero attached hydrogens (tertiary/aromatic N) is 1. The van der Waals surface area contributed by atoms with E-state index in [9.17, 15) is 9.59 Å². The summed E-state index contributed by atoms with van der Waals surface area (Å²) in [7, 11) is 0. The average molecular weight is 260 g/mol. The van der Waals surface area contributed by atoms with E-state index in [2.05, 4.69) is 32.6 Å². The molecule has 1 amide bonds. The zero-order valence-corrected chi connectivity index (χ0v) is 10.6. The molecule has 0 radical (unpaired) electrons. The van der Waals surface area contributed by atoms with E-state index in [0.29, 0.717) is 0 Å². The van der Waals surface area contributed by atoms with Crippen molar-refractivity contribution in [3.63, 3.8) is 0 Å². The Morgan fingerprint density at radius 1 is 1.37 bits per heavy atom. The zero-order valence-electron chi connectivity index (χ0n) is 10.6. The minimum atomic E-state index is -0.484. The summed E-state index contributed by atoms with van der Waals surface area (Å²) in [6.07, 6.45) is 1.71. The van der Waals surface area contributed by atoms with Gasteiger partial charge in [-0.2, -0.15) is 0 Å². The van der Waals surface area contributed by atoms with Gasteiger partial charge in [0.05, 0.1) is 0 Å². The van der Waals surface area contributed by atoms with E-state index in [0.717, 1.165) is 12.8 Å². The minimum Gasteiger partial charge on any atom is -0.347 e. The first-order valence-electron chi connectivity index (χ1n) is 6.14. The van der Waals surface area contributed by atoms with Crippen LogP contribution in [0.4, 0.5) is 0 Å². The Morgan fingerprint density at radius 2 is 2.11 bits per heavy atom. The van der Waals surface area contributed by atoms with Crippen LogP contribution in [0.5, 0.6) is 0 Å². The Morgan fingerprint density at radius 3 is 2.74 bits per heavy atom. The summed E-state index contributed by atoms with van der Waals surface area (Å²) < 4.78 is 0. The maximum atomic E-state index is 11.7. The lowest BCUT2D eigenvalue weighted by atomic mass is 10.1.